The lowest BCUT2D eigenvalue weighted by Gasteiger charge is -2.28. The molecule has 0 spiro atoms. The second kappa shape index (κ2) is 8.50. The lowest BCUT2D eigenvalue weighted by Crippen LogP contribution is -2.16. The van der Waals surface area contributed by atoms with Crippen molar-refractivity contribution in [2.45, 2.75) is 38.3 Å². The molecule has 4 heteroatoms. The van der Waals surface area contributed by atoms with Crippen LogP contribution in [0.25, 0.3) is 11.1 Å². The topological polar surface area (TPSA) is 72.5 Å². The van der Waals surface area contributed by atoms with E-state index in [9.17, 15) is 9.90 Å². The molecule has 148 valence electrons. The summed E-state index contributed by atoms with van der Waals surface area (Å²) >= 11 is 0. The molecule has 1 atom stereocenters. The van der Waals surface area contributed by atoms with E-state index in [1.54, 1.807) is 0 Å². The molecule has 0 amide bonds. The molecule has 0 bridgehead atoms. The van der Waals surface area contributed by atoms with E-state index in [0.717, 1.165) is 36.0 Å². The third kappa shape index (κ3) is 4.33. The van der Waals surface area contributed by atoms with Crippen LogP contribution in [0.3, 0.4) is 0 Å². The number of rotatable bonds is 6. The Morgan fingerprint density at radius 1 is 1.03 bits per heavy atom. The van der Waals surface area contributed by atoms with Crippen LogP contribution in [-0.4, -0.2) is 11.1 Å². The highest BCUT2D eigenvalue weighted by atomic mass is 16.5. The van der Waals surface area contributed by atoms with Gasteiger partial charge in [-0.2, -0.15) is 0 Å². The highest BCUT2D eigenvalue weighted by Crippen LogP contribution is 2.37. The van der Waals surface area contributed by atoms with Crippen LogP contribution in [-0.2, 0) is 24.2 Å². The number of nitrogens with two attached hydrogens (primary N) is 1. The van der Waals surface area contributed by atoms with Crippen molar-refractivity contribution in [3.05, 3.63) is 89.0 Å². The number of hydrogen-bond donors (Lipinski definition) is 2. The molecule has 0 aromatic heterocycles. The number of hydrogen-bond acceptors (Lipinski definition) is 3. The number of carboxylic acids is 1. The van der Waals surface area contributed by atoms with Crippen LogP contribution in [0.1, 0.15) is 41.2 Å². The summed E-state index contributed by atoms with van der Waals surface area (Å²) in [5.41, 5.74) is 12.4. The summed E-state index contributed by atoms with van der Waals surface area (Å²) in [5, 5.41) is 9.20. The first-order valence-corrected chi connectivity index (χ1v) is 10.0. The van der Waals surface area contributed by atoms with Gasteiger partial charge in [0, 0.05) is 12.1 Å². The van der Waals surface area contributed by atoms with E-state index in [0.29, 0.717) is 17.9 Å². The van der Waals surface area contributed by atoms with Crippen molar-refractivity contribution in [3.63, 3.8) is 0 Å². The minimum absolute atomic E-state index is 0.0400. The van der Waals surface area contributed by atoms with E-state index in [1.807, 2.05) is 36.4 Å². The summed E-state index contributed by atoms with van der Waals surface area (Å²) in [5.74, 6) is -0.199. The van der Waals surface area contributed by atoms with Gasteiger partial charge in [0.05, 0.1) is 6.42 Å². The Morgan fingerprint density at radius 2 is 1.86 bits per heavy atom. The van der Waals surface area contributed by atoms with Crippen LogP contribution in [0.2, 0.25) is 0 Å². The van der Waals surface area contributed by atoms with Crippen LogP contribution >= 0.6 is 0 Å². The number of fused-ring (bicyclic) bond motifs is 1. The molecule has 0 saturated heterocycles. The van der Waals surface area contributed by atoms with Crippen LogP contribution in [0.4, 0.5) is 0 Å². The minimum atomic E-state index is -0.854. The predicted octanol–water partition coefficient (Wildman–Crippen LogP) is 4.90. The molecule has 1 aliphatic rings. The van der Waals surface area contributed by atoms with Crippen molar-refractivity contribution >= 4 is 5.97 Å². The van der Waals surface area contributed by atoms with E-state index in [-0.39, 0.29) is 12.5 Å². The van der Waals surface area contributed by atoms with Gasteiger partial charge < -0.3 is 15.6 Å². The molecule has 3 N–H and O–H groups in total. The Morgan fingerprint density at radius 3 is 2.69 bits per heavy atom. The standard InChI is InChI=1S/C25H25NO3/c26-16-17-5-3-8-19(13-17)20-12-11-18-7-4-10-24(22(18)14-20)29-23-9-2-1-6-21(23)15-25(27)28/h1-3,5-6,8-9,11-14,24H,4,7,10,15-16,26H2,(H,27,28). The first kappa shape index (κ1) is 19.2. The number of ether oxygens (including phenoxy) is 1. The molecule has 29 heavy (non-hydrogen) atoms. The molecular formula is C25H25NO3. The molecule has 0 saturated carbocycles. The second-order valence-corrected chi connectivity index (χ2v) is 7.50. The third-order valence-electron chi connectivity index (χ3n) is 5.48. The first-order chi connectivity index (χ1) is 14.1. The molecule has 1 unspecified atom stereocenters. The molecular weight excluding hydrogens is 362 g/mol. The summed E-state index contributed by atoms with van der Waals surface area (Å²) in [4.78, 5) is 11.2. The fourth-order valence-electron chi connectivity index (χ4n) is 4.02. The van der Waals surface area contributed by atoms with Crippen molar-refractivity contribution in [3.8, 4) is 16.9 Å². The number of aliphatic carboxylic acids is 1. The smallest absolute Gasteiger partial charge is 0.307 e. The van der Waals surface area contributed by atoms with Gasteiger partial charge in [0.2, 0.25) is 0 Å². The highest BCUT2D eigenvalue weighted by molar-refractivity contribution is 5.71. The lowest BCUT2D eigenvalue weighted by atomic mass is 9.86. The molecule has 0 heterocycles. The van der Waals surface area contributed by atoms with Crippen molar-refractivity contribution in [1.29, 1.82) is 0 Å². The van der Waals surface area contributed by atoms with Gasteiger partial charge in [-0.3, -0.25) is 4.79 Å². The van der Waals surface area contributed by atoms with Gasteiger partial charge in [-0.25, -0.2) is 0 Å². The normalized spacial score (nSPS) is 15.6. The van der Waals surface area contributed by atoms with Crippen LogP contribution < -0.4 is 10.5 Å². The van der Waals surface area contributed by atoms with Gasteiger partial charge in [-0.15, -0.1) is 0 Å². The average Bonchev–Trinajstić information content (AvgIpc) is 2.75. The number of carboxylic acid groups (broad SMARTS) is 1. The summed E-state index contributed by atoms with van der Waals surface area (Å²) < 4.78 is 6.37. The Balaban J connectivity index is 1.67. The molecule has 3 aromatic rings. The number of benzene rings is 3. The quantitative estimate of drug-likeness (QED) is 0.631. The fourth-order valence-corrected chi connectivity index (χ4v) is 4.02. The zero-order valence-corrected chi connectivity index (χ0v) is 16.3. The SMILES string of the molecule is NCc1cccc(-c2ccc3c(c2)C(Oc2ccccc2CC(=O)O)CCC3)c1. The molecule has 0 radical (unpaired) electrons. The van der Waals surface area contributed by atoms with Crippen molar-refractivity contribution in [2.75, 3.05) is 0 Å². The van der Waals surface area contributed by atoms with Gasteiger partial charge >= 0.3 is 5.97 Å². The van der Waals surface area contributed by atoms with Crippen molar-refractivity contribution in [2.24, 2.45) is 5.73 Å². The number of carbonyl (C=O) groups is 1. The summed E-state index contributed by atoms with van der Waals surface area (Å²) in [6.07, 6.45) is 2.89. The number of aryl methyl sites for hydroxylation is 1. The zero-order valence-electron chi connectivity index (χ0n) is 16.3. The van der Waals surface area contributed by atoms with Crippen LogP contribution in [0.5, 0.6) is 5.75 Å². The zero-order chi connectivity index (χ0) is 20.2. The van der Waals surface area contributed by atoms with Gasteiger partial charge in [-0.1, -0.05) is 48.5 Å². The third-order valence-corrected chi connectivity index (χ3v) is 5.48. The van der Waals surface area contributed by atoms with Gasteiger partial charge in [0.15, 0.2) is 0 Å². The molecule has 1 aliphatic carbocycles. The number of para-hydroxylation sites is 1. The average molecular weight is 387 g/mol. The summed E-state index contributed by atoms with van der Waals surface area (Å²) in [6, 6.07) is 22.3. The van der Waals surface area contributed by atoms with Crippen molar-refractivity contribution in [1.82, 2.24) is 0 Å². The molecule has 4 rings (SSSR count). The Labute approximate surface area is 171 Å². The molecule has 3 aromatic carbocycles. The largest absolute Gasteiger partial charge is 0.485 e. The van der Waals surface area contributed by atoms with E-state index in [1.165, 1.54) is 11.1 Å². The van der Waals surface area contributed by atoms with E-state index >= 15 is 0 Å². The predicted molar refractivity (Wildman–Crippen MR) is 114 cm³/mol. The molecule has 0 aliphatic heterocycles. The Hall–Kier alpha value is -3.11. The van der Waals surface area contributed by atoms with E-state index < -0.39 is 5.97 Å². The van der Waals surface area contributed by atoms with Crippen LogP contribution in [0, 0.1) is 0 Å². The van der Waals surface area contributed by atoms with Gasteiger partial charge in [-0.05, 0) is 65.3 Å². The first-order valence-electron chi connectivity index (χ1n) is 10.0. The van der Waals surface area contributed by atoms with Gasteiger partial charge in [0.25, 0.3) is 0 Å². The fraction of sp³-hybridized carbons (Fsp3) is 0.240. The maximum absolute atomic E-state index is 11.2. The monoisotopic (exact) mass is 387 g/mol. The maximum atomic E-state index is 11.2. The molecule has 0 fully saturated rings. The summed E-state index contributed by atoms with van der Waals surface area (Å²) in [7, 11) is 0. The van der Waals surface area contributed by atoms with E-state index in [4.69, 9.17) is 10.5 Å². The van der Waals surface area contributed by atoms with Crippen molar-refractivity contribution < 1.29 is 14.6 Å². The highest BCUT2D eigenvalue weighted by Gasteiger charge is 2.23. The van der Waals surface area contributed by atoms with Gasteiger partial charge in [0.1, 0.15) is 11.9 Å². The van der Waals surface area contributed by atoms with Crippen LogP contribution in [0.15, 0.2) is 66.7 Å². The van der Waals surface area contributed by atoms with E-state index in [2.05, 4.69) is 30.3 Å². The Bertz CT molecular complexity index is 1030. The lowest BCUT2D eigenvalue weighted by molar-refractivity contribution is -0.136. The second-order valence-electron chi connectivity index (χ2n) is 7.50. The minimum Gasteiger partial charge on any atom is -0.485 e. The Kier molecular flexibility index (Phi) is 5.63. The summed E-state index contributed by atoms with van der Waals surface area (Å²) in [6.45, 7) is 0.519. The maximum Gasteiger partial charge on any atom is 0.307 e. The molecule has 4 nitrogen and oxygen atoms in total.